The van der Waals surface area contributed by atoms with E-state index < -0.39 is 5.97 Å². The summed E-state index contributed by atoms with van der Waals surface area (Å²) in [7, 11) is 1.42. The minimum absolute atomic E-state index is 0.104. The molecule has 70 valence electrons. The molecule has 0 N–H and O–H groups in total. The number of methoxy groups -OCH3 is 1. The standard InChI is InChI=1S/C8H10N2O3/c1-3-13-8(11)6-7(12-2)10-5-4-9-6/h4-5H,3H2,1-2H3. The Morgan fingerprint density at radius 1 is 1.46 bits per heavy atom. The van der Waals surface area contributed by atoms with Gasteiger partial charge in [-0.05, 0) is 6.92 Å². The molecule has 0 amide bonds. The monoisotopic (exact) mass is 182 g/mol. The summed E-state index contributed by atoms with van der Waals surface area (Å²) in [6.07, 6.45) is 2.86. The molecule has 0 saturated carbocycles. The SMILES string of the molecule is CCOC(=O)c1nccnc1OC. The fourth-order valence-electron chi connectivity index (χ4n) is 0.814. The van der Waals surface area contributed by atoms with Crippen LogP contribution in [0.5, 0.6) is 5.88 Å². The van der Waals surface area contributed by atoms with Crippen molar-refractivity contribution < 1.29 is 14.3 Å². The second-order valence-electron chi connectivity index (χ2n) is 2.13. The maximum atomic E-state index is 11.2. The Hall–Kier alpha value is -1.65. The summed E-state index contributed by atoms with van der Waals surface area (Å²) in [5.74, 6) is -0.339. The number of ether oxygens (including phenoxy) is 2. The summed E-state index contributed by atoms with van der Waals surface area (Å²) in [6, 6.07) is 0. The Morgan fingerprint density at radius 3 is 2.77 bits per heavy atom. The fraction of sp³-hybridized carbons (Fsp3) is 0.375. The predicted octanol–water partition coefficient (Wildman–Crippen LogP) is 0.662. The maximum Gasteiger partial charge on any atom is 0.362 e. The van der Waals surface area contributed by atoms with Gasteiger partial charge in [-0.3, -0.25) is 0 Å². The minimum Gasteiger partial charge on any atom is -0.479 e. The third kappa shape index (κ3) is 2.14. The van der Waals surface area contributed by atoms with E-state index in [0.29, 0.717) is 6.61 Å². The second-order valence-corrected chi connectivity index (χ2v) is 2.13. The van der Waals surface area contributed by atoms with Gasteiger partial charge in [0.1, 0.15) is 0 Å². The lowest BCUT2D eigenvalue weighted by Gasteiger charge is -2.03. The van der Waals surface area contributed by atoms with Crippen LogP contribution in [0.1, 0.15) is 17.4 Å². The van der Waals surface area contributed by atoms with Crippen molar-refractivity contribution >= 4 is 5.97 Å². The van der Waals surface area contributed by atoms with Crippen molar-refractivity contribution in [2.75, 3.05) is 13.7 Å². The maximum absolute atomic E-state index is 11.2. The Kier molecular flexibility index (Phi) is 3.19. The van der Waals surface area contributed by atoms with E-state index in [2.05, 4.69) is 9.97 Å². The summed E-state index contributed by atoms with van der Waals surface area (Å²) in [6.45, 7) is 2.03. The van der Waals surface area contributed by atoms with E-state index in [0.717, 1.165) is 0 Å². The molecule has 0 fully saturated rings. The van der Waals surface area contributed by atoms with Crippen molar-refractivity contribution in [3.8, 4) is 5.88 Å². The molecule has 0 aliphatic carbocycles. The molecule has 1 aromatic heterocycles. The van der Waals surface area contributed by atoms with E-state index in [4.69, 9.17) is 9.47 Å². The van der Waals surface area contributed by atoms with Gasteiger partial charge in [-0.15, -0.1) is 0 Å². The largest absolute Gasteiger partial charge is 0.479 e. The molecule has 0 saturated heterocycles. The Labute approximate surface area is 75.7 Å². The Bertz CT molecular complexity index is 301. The predicted molar refractivity (Wildman–Crippen MR) is 44.5 cm³/mol. The van der Waals surface area contributed by atoms with Crippen LogP contribution in [0.25, 0.3) is 0 Å². The van der Waals surface area contributed by atoms with Gasteiger partial charge >= 0.3 is 5.97 Å². The molecule has 0 aliphatic rings. The van der Waals surface area contributed by atoms with Crippen LogP contribution >= 0.6 is 0 Å². The van der Waals surface area contributed by atoms with Crippen molar-refractivity contribution in [2.24, 2.45) is 0 Å². The number of carbonyl (C=O) groups is 1. The van der Waals surface area contributed by atoms with Crippen molar-refractivity contribution in [3.05, 3.63) is 18.1 Å². The van der Waals surface area contributed by atoms with Crippen LogP contribution in [-0.2, 0) is 4.74 Å². The van der Waals surface area contributed by atoms with Gasteiger partial charge in [0.2, 0.25) is 11.6 Å². The molecule has 0 unspecified atom stereocenters. The molecule has 13 heavy (non-hydrogen) atoms. The first-order chi connectivity index (χ1) is 6.29. The van der Waals surface area contributed by atoms with E-state index in [1.54, 1.807) is 6.92 Å². The highest BCUT2D eigenvalue weighted by molar-refractivity contribution is 5.89. The number of carbonyl (C=O) groups excluding carboxylic acids is 1. The number of hydrogen-bond acceptors (Lipinski definition) is 5. The molecule has 0 atom stereocenters. The lowest BCUT2D eigenvalue weighted by Crippen LogP contribution is -2.09. The number of nitrogens with zero attached hydrogens (tertiary/aromatic N) is 2. The van der Waals surface area contributed by atoms with Gasteiger partial charge < -0.3 is 9.47 Å². The molecule has 1 heterocycles. The molecule has 0 spiro atoms. The lowest BCUT2D eigenvalue weighted by molar-refractivity contribution is 0.0514. The summed E-state index contributed by atoms with van der Waals surface area (Å²) in [5, 5.41) is 0. The van der Waals surface area contributed by atoms with E-state index in [-0.39, 0.29) is 11.6 Å². The van der Waals surface area contributed by atoms with Crippen molar-refractivity contribution in [2.45, 2.75) is 6.92 Å². The first-order valence-corrected chi connectivity index (χ1v) is 3.81. The highest BCUT2D eigenvalue weighted by Crippen LogP contribution is 2.11. The fourth-order valence-corrected chi connectivity index (χ4v) is 0.814. The van der Waals surface area contributed by atoms with Crippen LogP contribution in [0, 0.1) is 0 Å². The molecule has 0 aliphatic heterocycles. The topological polar surface area (TPSA) is 61.3 Å². The molecule has 1 rings (SSSR count). The number of esters is 1. The molecule has 0 aromatic carbocycles. The van der Waals surface area contributed by atoms with E-state index in [1.165, 1.54) is 19.5 Å². The van der Waals surface area contributed by atoms with Gasteiger partial charge in [-0.2, -0.15) is 0 Å². The van der Waals surface area contributed by atoms with Crippen LogP contribution in [0.3, 0.4) is 0 Å². The third-order valence-electron chi connectivity index (χ3n) is 1.33. The highest BCUT2D eigenvalue weighted by Gasteiger charge is 2.15. The minimum atomic E-state index is -0.521. The summed E-state index contributed by atoms with van der Waals surface area (Å²) >= 11 is 0. The zero-order valence-electron chi connectivity index (χ0n) is 7.48. The zero-order valence-corrected chi connectivity index (χ0v) is 7.48. The Balaban J connectivity index is 2.92. The zero-order chi connectivity index (χ0) is 9.68. The van der Waals surface area contributed by atoms with Gasteiger partial charge in [0.05, 0.1) is 13.7 Å². The van der Waals surface area contributed by atoms with Gasteiger partial charge in [0, 0.05) is 12.4 Å². The number of rotatable bonds is 3. The van der Waals surface area contributed by atoms with Crippen LogP contribution < -0.4 is 4.74 Å². The Morgan fingerprint density at radius 2 is 2.15 bits per heavy atom. The van der Waals surface area contributed by atoms with Crippen LogP contribution in [0.4, 0.5) is 0 Å². The van der Waals surface area contributed by atoms with E-state index in [9.17, 15) is 4.79 Å². The van der Waals surface area contributed by atoms with E-state index in [1.807, 2.05) is 0 Å². The molecule has 5 heteroatoms. The molecule has 0 radical (unpaired) electrons. The number of aromatic nitrogens is 2. The van der Waals surface area contributed by atoms with Gasteiger partial charge in [-0.25, -0.2) is 14.8 Å². The van der Waals surface area contributed by atoms with Crippen molar-refractivity contribution in [3.63, 3.8) is 0 Å². The smallest absolute Gasteiger partial charge is 0.362 e. The average molecular weight is 182 g/mol. The molecular weight excluding hydrogens is 172 g/mol. The third-order valence-corrected chi connectivity index (χ3v) is 1.33. The van der Waals surface area contributed by atoms with Crippen molar-refractivity contribution in [1.82, 2.24) is 9.97 Å². The first kappa shape index (κ1) is 9.44. The van der Waals surface area contributed by atoms with Gasteiger partial charge in [0.15, 0.2) is 0 Å². The second kappa shape index (κ2) is 4.39. The van der Waals surface area contributed by atoms with Crippen molar-refractivity contribution in [1.29, 1.82) is 0 Å². The van der Waals surface area contributed by atoms with Crippen LogP contribution in [-0.4, -0.2) is 29.7 Å². The highest BCUT2D eigenvalue weighted by atomic mass is 16.5. The van der Waals surface area contributed by atoms with Gasteiger partial charge in [0.25, 0.3) is 0 Å². The summed E-state index contributed by atoms with van der Waals surface area (Å²) in [5.41, 5.74) is 0.104. The molecule has 5 nitrogen and oxygen atoms in total. The number of hydrogen-bond donors (Lipinski definition) is 0. The average Bonchev–Trinajstić information content (AvgIpc) is 2.18. The van der Waals surface area contributed by atoms with Crippen LogP contribution in [0.15, 0.2) is 12.4 Å². The first-order valence-electron chi connectivity index (χ1n) is 3.81. The lowest BCUT2D eigenvalue weighted by atomic mass is 10.4. The quantitative estimate of drug-likeness (QED) is 0.642. The molecule has 0 bridgehead atoms. The van der Waals surface area contributed by atoms with Crippen LogP contribution in [0.2, 0.25) is 0 Å². The summed E-state index contributed by atoms with van der Waals surface area (Å²) < 4.78 is 9.59. The molecular formula is C8H10N2O3. The van der Waals surface area contributed by atoms with E-state index >= 15 is 0 Å². The summed E-state index contributed by atoms with van der Waals surface area (Å²) in [4.78, 5) is 18.8. The van der Waals surface area contributed by atoms with Gasteiger partial charge in [-0.1, -0.05) is 0 Å². The molecule has 1 aromatic rings. The normalized spacial score (nSPS) is 9.38.